The summed E-state index contributed by atoms with van der Waals surface area (Å²) in [5.41, 5.74) is -0.114. The van der Waals surface area contributed by atoms with Crippen LogP contribution in [0.15, 0.2) is 34.1 Å². The molecule has 7 heteroatoms. The third-order valence-electron chi connectivity index (χ3n) is 3.09. The molecule has 1 amide bonds. The van der Waals surface area contributed by atoms with Crippen LogP contribution in [0.2, 0.25) is 0 Å². The van der Waals surface area contributed by atoms with E-state index in [0.29, 0.717) is 4.88 Å². The van der Waals surface area contributed by atoms with Gasteiger partial charge in [0.15, 0.2) is 5.78 Å². The number of Topliss-reactive ketones (excluding diaryl/α,β-unsaturated/α-hetero) is 2. The first kappa shape index (κ1) is 14.1. The van der Waals surface area contributed by atoms with E-state index in [1.54, 1.807) is 12.1 Å². The van der Waals surface area contributed by atoms with Gasteiger partial charge in [-0.05, 0) is 40.2 Å². The van der Waals surface area contributed by atoms with Crippen molar-refractivity contribution in [3.8, 4) is 0 Å². The highest BCUT2D eigenvalue weighted by molar-refractivity contribution is 9.11. The van der Waals surface area contributed by atoms with Crippen LogP contribution in [0.1, 0.15) is 20.0 Å². The monoisotopic (exact) mass is 367 g/mol. The minimum absolute atomic E-state index is 0.000148. The number of nitrogens with zero attached hydrogens (tertiary/aromatic N) is 1. The highest BCUT2D eigenvalue weighted by Gasteiger charge is 2.39. The Balaban J connectivity index is 1.95. The Bertz CT molecular complexity index is 786. The number of anilines is 1. The first-order valence-electron chi connectivity index (χ1n) is 5.92. The van der Waals surface area contributed by atoms with Gasteiger partial charge in [0.1, 0.15) is 5.82 Å². The van der Waals surface area contributed by atoms with Crippen LogP contribution in [-0.4, -0.2) is 24.0 Å². The fraction of sp³-hybridized carbons (Fsp3) is 0.0714. The van der Waals surface area contributed by atoms with Gasteiger partial charge in [0.05, 0.1) is 26.5 Å². The van der Waals surface area contributed by atoms with E-state index in [4.69, 9.17) is 0 Å². The lowest BCUT2D eigenvalue weighted by Gasteiger charge is -2.15. The van der Waals surface area contributed by atoms with E-state index in [1.807, 2.05) is 0 Å². The number of hydrogen-bond donors (Lipinski definition) is 0. The number of ketones is 2. The summed E-state index contributed by atoms with van der Waals surface area (Å²) < 4.78 is 14.7. The number of para-hydroxylation sites is 1. The molecular weight excluding hydrogens is 361 g/mol. The summed E-state index contributed by atoms with van der Waals surface area (Å²) in [4.78, 5) is 37.2. The lowest BCUT2D eigenvalue weighted by molar-refractivity contribution is -0.114. The van der Waals surface area contributed by atoms with Crippen molar-refractivity contribution < 1.29 is 18.8 Å². The first-order chi connectivity index (χ1) is 9.99. The fourth-order valence-electron chi connectivity index (χ4n) is 2.15. The number of benzene rings is 1. The SMILES string of the molecule is O=C(CN1C(=O)C(=O)c2cccc(F)c21)c1ccc(Br)s1. The molecule has 0 atom stereocenters. The van der Waals surface area contributed by atoms with Gasteiger partial charge in [-0.15, -0.1) is 11.3 Å². The van der Waals surface area contributed by atoms with Crippen LogP contribution in [0, 0.1) is 5.82 Å². The number of thiophene rings is 1. The highest BCUT2D eigenvalue weighted by atomic mass is 79.9. The molecule has 0 N–H and O–H groups in total. The van der Waals surface area contributed by atoms with Crippen LogP contribution in [-0.2, 0) is 4.79 Å². The molecule has 1 aliphatic heterocycles. The summed E-state index contributed by atoms with van der Waals surface area (Å²) in [6.07, 6.45) is 0. The average Bonchev–Trinajstić information content (AvgIpc) is 2.98. The number of rotatable bonds is 3. The maximum atomic E-state index is 13.9. The average molecular weight is 368 g/mol. The standard InChI is InChI=1S/C14H7BrFNO3S/c15-11-5-4-10(21-11)9(18)6-17-12-7(13(19)14(17)20)2-1-3-8(12)16/h1-5H,6H2. The minimum atomic E-state index is -0.876. The maximum Gasteiger partial charge on any atom is 0.299 e. The lowest BCUT2D eigenvalue weighted by atomic mass is 10.1. The van der Waals surface area contributed by atoms with Crippen molar-refractivity contribution in [1.82, 2.24) is 0 Å². The second kappa shape index (κ2) is 5.16. The van der Waals surface area contributed by atoms with Crippen molar-refractivity contribution in [1.29, 1.82) is 0 Å². The van der Waals surface area contributed by atoms with Crippen LogP contribution in [0.25, 0.3) is 0 Å². The van der Waals surface area contributed by atoms with Crippen molar-refractivity contribution in [3.63, 3.8) is 0 Å². The smallest absolute Gasteiger partial charge is 0.294 e. The van der Waals surface area contributed by atoms with Crippen LogP contribution < -0.4 is 4.90 Å². The van der Waals surface area contributed by atoms with Crippen molar-refractivity contribution in [2.75, 3.05) is 11.4 Å². The van der Waals surface area contributed by atoms with E-state index in [1.165, 1.54) is 23.5 Å². The number of carbonyl (C=O) groups excluding carboxylic acids is 3. The Labute approximate surface area is 131 Å². The molecule has 0 unspecified atom stereocenters. The summed E-state index contributed by atoms with van der Waals surface area (Å²) in [6.45, 7) is -0.356. The van der Waals surface area contributed by atoms with Crippen LogP contribution >= 0.6 is 27.3 Å². The predicted octanol–water partition coefficient (Wildman–Crippen LogP) is 3.06. The molecule has 3 rings (SSSR count). The molecule has 1 aliphatic rings. The van der Waals surface area contributed by atoms with Gasteiger partial charge < -0.3 is 0 Å². The van der Waals surface area contributed by atoms with Crippen molar-refractivity contribution in [3.05, 3.63) is 50.4 Å². The van der Waals surface area contributed by atoms with Crippen molar-refractivity contribution >= 4 is 50.4 Å². The quantitative estimate of drug-likeness (QED) is 0.618. The van der Waals surface area contributed by atoms with Gasteiger partial charge in [-0.3, -0.25) is 19.3 Å². The second-order valence-electron chi connectivity index (χ2n) is 4.38. The van der Waals surface area contributed by atoms with Gasteiger partial charge in [-0.25, -0.2) is 4.39 Å². The fourth-order valence-corrected chi connectivity index (χ4v) is 3.46. The predicted molar refractivity (Wildman–Crippen MR) is 79.4 cm³/mol. The third kappa shape index (κ3) is 2.32. The summed E-state index contributed by atoms with van der Waals surface area (Å²) in [7, 11) is 0. The zero-order valence-corrected chi connectivity index (χ0v) is 12.8. The number of amides is 1. The molecule has 0 aliphatic carbocycles. The zero-order chi connectivity index (χ0) is 15.1. The van der Waals surface area contributed by atoms with E-state index in [2.05, 4.69) is 15.9 Å². The number of hydrogen-bond acceptors (Lipinski definition) is 4. The van der Waals surface area contributed by atoms with E-state index in [-0.39, 0.29) is 23.6 Å². The van der Waals surface area contributed by atoms with E-state index in [9.17, 15) is 18.8 Å². The summed E-state index contributed by atoms with van der Waals surface area (Å²) in [6, 6.07) is 7.22. The van der Waals surface area contributed by atoms with Crippen molar-refractivity contribution in [2.24, 2.45) is 0 Å². The molecule has 1 aromatic carbocycles. The molecule has 21 heavy (non-hydrogen) atoms. The molecule has 0 fully saturated rings. The van der Waals surface area contributed by atoms with Crippen LogP contribution in [0.4, 0.5) is 10.1 Å². The third-order valence-corrected chi connectivity index (χ3v) is 4.76. The number of carbonyl (C=O) groups is 3. The van der Waals surface area contributed by atoms with Gasteiger partial charge in [0, 0.05) is 0 Å². The van der Waals surface area contributed by atoms with Gasteiger partial charge >= 0.3 is 0 Å². The van der Waals surface area contributed by atoms with Crippen LogP contribution in [0.5, 0.6) is 0 Å². The lowest BCUT2D eigenvalue weighted by Crippen LogP contribution is -2.34. The van der Waals surface area contributed by atoms with Gasteiger partial charge in [0.2, 0.25) is 0 Å². The van der Waals surface area contributed by atoms with Gasteiger partial charge in [-0.1, -0.05) is 6.07 Å². The molecule has 1 aromatic heterocycles. The second-order valence-corrected chi connectivity index (χ2v) is 6.85. The molecule has 0 bridgehead atoms. The Morgan fingerprint density at radius 1 is 1.24 bits per heavy atom. The molecule has 2 aromatic rings. The number of fused-ring (bicyclic) bond motifs is 1. The molecule has 2 heterocycles. The highest BCUT2D eigenvalue weighted by Crippen LogP contribution is 2.32. The summed E-state index contributed by atoms with van der Waals surface area (Å²) in [5, 5.41) is 0. The summed E-state index contributed by atoms with van der Waals surface area (Å²) >= 11 is 4.46. The largest absolute Gasteiger partial charge is 0.299 e. The Hall–Kier alpha value is -1.86. The molecule has 0 saturated heterocycles. The zero-order valence-electron chi connectivity index (χ0n) is 10.4. The maximum absolute atomic E-state index is 13.9. The molecule has 0 radical (unpaired) electrons. The molecule has 106 valence electrons. The summed E-state index contributed by atoms with van der Waals surface area (Å²) in [5.74, 6) is -2.70. The van der Waals surface area contributed by atoms with E-state index in [0.717, 1.165) is 14.8 Å². The van der Waals surface area contributed by atoms with Gasteiger partial charge in [0.25, 0.3) is 11.7 Å². The Morgan fingerprint density at radius 3 is 2.67 bits per heavy atom. The van der Waals surface area contributed by atoms with Crippen LogP contribution in [0.3, 0.4) is 0 Å². The molecular formula is C14H7BrFNO3S. The molecule has 0 saturated carbocycles. The van der Waals surface area contributed by atoms with Crippen molar-refractivity contribution in [2.45, 2.75) is 0 Å². The topological polar surface area (TPSA) is 54.5 Å². The molecule has 0 spiro atoms. The number of halogens is 2. The minimum Gasteiger partial charge on any atom is -0.294 e. The van der Waals surface area contributed by atoms with E-state index < -0.39 is 17.5 Å². The van der Waals surface area contributed by atoms with Gasteiger partial charge in [-0.2, -0.15) is 0 Å². The first-order valence-corrected chi connectivity index (χ1v) is 7.53. The normalized spacial score (nSPS) is 13.7. The Morgan fingerprint density at radius 2 is 2.00 bits per heavy atom. The Kier molecular flexibility index (Phi) is 3.46. The molecule has 4 nitrogen and oxygen atoms in total. The van der Waals surface area contributed by atoms with E-state index >= 15 is 0 Å².